The minimum atomic E-state index is -0.636. The molecule has 1 aliphatic rings. The third-order valence-electron chi connectivity index (χ3n) is 3.21. The van der Waals surface area contributed by atoms with Crippen LogP contribution in [0.5, 0.6) is 0 Å². The number of ketones is 1. The molecule has 0 fully saturated rings. The summed E-state index contributed by atoms with van der Waals surface area (Å²) in [5.41, 5.74) is 2.32. The van der Waals surface area contributed by atoms with Crippen molar-refractivity contribution in [2.24, 2.45) is 0 Å². The molecule has 5 nitrogen and oxygen atoms in total. The second-order valence-electron chi connectivity index (χ2n) is 6.50. The molecule has 0 saturated heterocycles. The number of hydrogen-bond acceptors (Lipinski definition) is 3. The first-order valence-corrected chi connectivity index (χ1v) is 6.88. The first kappa shape index (κ1) is 15.2. The fourth-order valence-electron chi connectivity index (χ4n) is 2.58. The van der Waals surface area contributed by atoms with Crippen molar-refractivity contribution in [1.29, 1.82) is 0 Å². The van der Waals surface area contributed by atoms with E-state index in [2.05, 4.69) is 5.32 Å². The number of benzene rings is 1. The number of carbonyl (C=O) groups excluding carboxylic acids is 3. The van der Waals surface area contributed by atoms with Crippen LogP contribution in [-0.4, -0.2) is 29.7 Å². The Kier molecular flexibility index (Phi) is 3.61. The molecule has 0 aliphatic carbocycles. The first-order valence-electron chi connectivity index (χ1n) is 6.88. The molecule has 0 atom stereocenters. The van der Waals surface area contributed by atoms with Gasteiger partial charge in [0.2, 0.25) is 5.91 Å². The topological polar surface area (TPSA) is 66.5 Å². The molecular weight excluding hydrogens is 268 g/mol. The normalized spacial score (nSPS) is 14.4. The average Bonchev–Trinajstić information content (AvgIpc) is 2.52. The van der Waals surface area contributed by atoms with Gasteiger partial charge in [-0.1, -0.05) is 6.07 Å². The van der Waals surface area contributed by atoms with E-state index in [4.69, 9.17) is 0 Å². The molecule has 2 rings (SSSR count). The molecule has 1 N–H and O–H groups in total. The summed E-state index contributed by atoms with van der Waals surface area (Å²) < 4.78 is 0. The highest BCUT2D eigenvalue weighted by Gasteiger charge is 2.38. The van der Waals surface area contributed by atoms with E-state index in [0.717, 1.165) is 11.1 Å². The zero-order valence-electron chi connectivity index (χ0n) is 13.0. The molecule has 0 spiro atoms. The van der Waals surface area contributed by atoms with Crippen LogP contribution in [0.25, 0.3) is 0 Å². The van der Waals surface area contributed by atoms with Gasteiger partial charge in [-0.3, -0.25) is 19.3 Å². The fraction of sp³-hybridized carbons (Fsp3) is 0.438. The molecule has 0 radical (unpaired) electrons. The van der Waals surface area contributed by atoms with Crippen LogP contribution in [0.4, 0.5) is 5.69 Å². The third kappa shape index (κ3) is 2.96. The van der Waals surface area contributed by atoms with Crippen molar-refractivity contribution in [2.45, 2.75) is 40.2 Å². The zero-order chi connectivity index (χ0) is 15.9. The molecular formula is C16H20N2O3. The lowest BCUT2D eigenvalue weighted by atomic mass is 10.0. The number of nitrogens with zero attached hydrogens (tertiary/aromatic N) is 1. The van der Waals surface area contributed by atoms with E-state index in [1.165, 1.54) is 4.90 Å². The third-order valence-corrected chi connectivity index (χ3v) is 3.21. The van der Waals surface area contributed by atoms with Gasteiger partial charge in [-0.2, -0.15) is 0 Å². The Balaban J connectivity index is 2.34. The summed E-state index contributed by atoms with van der Waals surface area (Å²) in [6.07, 6.45) is 0. The quantitative estimate of drug-likeness (QED) is 0.843. The van der Waals surface area contributed by atoms with Gasteiger partial charge in [0.05, 0.1) is 11.3 Å². The minimum Gasteiger partial charge on any atom is -0.350 e. The molecule has 0 unspecified atom stereocenters. The number of amides is 2. The van der Waals surface area contributed by atoms with E-state index in [1.54, 1.807) is 6.07 Å². The van der Waals surface area contributed by atoms with Gasteiger partial charge in [-0.25, -0.2) is 0 Å². The number of anilines is 1. The van der Waals surface area contributed by atoms with Crippen molar-refractivity contribution in [3.05, 3.63) is 28.8 Å². The maximum absolute atomic E-state index is 12.1. The second-order valence-corrected chi connectivity index (χ2v) is 6.50. The summed E-state index contributed by atoms with van der Waals surface area (Å²) in [6, 6.07) is 3.60. The average molecular weight is 288 g/mol. The lowest BCUT2D eigenvalue weighted by Gasteiger charge is -2.24. The van der Waals surface area contributed by atoms with Gasteiger partial charge >= 0.3 is 0 Å². The molecule has 5 heteroatoms. The molecule has 21 heavy (non-hydrogen) atoms. The monoisotopic (exact) mass is 288 g/mol. The van der Waals surface area contributed by atoms with Crippen LogP contribution < -0.4 is 10.2 Å². The maximum atomic E-state index is 12.1. The lowest BCUT2D eigenvalue weighted by molar-refractivity contribution is -0.123. The van der Waals surface area contributed by atoms with Gasteiger partial charge in [0.25, 0.3) is 11.7 Å². The number of aryl methyl sites for hydroxylation is 2. The number of hydrogen-bond donors (Lipinski definition) is 1. The van der Waals surface area contributed by atoms with Crippen molar-refractivity contribution in [3.63, 3.8) is 0 Å². The van der Waals surface area contributed by atoms with Crippen LogP contribution >= 0.6 is 0 Å². The van der Waals surface area contributed by atoms with Gasteiger partial charge in [0, 0.05) is 5.54 Å². The number of fused-ring (bicyclic) bond motifs is 1. The van der Waals surface area contributed by atoms with Crippen molar-refractivity contribution in [3.8, 4) is 0 Å². The molecule has 1 aromatic rings. The van der Waals surface area contributed by atoms with Gasteiger partial charge in [0.1, 0.15) is 6.54 Å². The maximum Gasteiger partial charge on any atom is 0.299 e. The first-order chi connectivity index (χ1) is 9.60. The van der Waals surface area contributed by atoms with Gasteiger partial charge in [-0.15, -0.1) is 0 Å². The van der Waals surface area contributed by atoms with Gasteiger partial charge in [-0.05, 0) is 51.8 Å². The predicted molar refractivity (Wildman–Crippen MR) is 80.5 cm³/mol. The standard InChI is InChI=1S/C16H20N2O3/c1-9-6-10(2)13-11(7-9)14(20)15(21)18(13)8-12(19)17-16(3,4)5/h6-7H,8H2,1-5H3,(H,17,19). The molecule has 1 aliphatic heterocycles. The highest BCUT2D eigenvalue weighted by molar-refractivity contribution is 6.52. The molecule has 0 bridgehead atoms. The van der Waals surface area contributed by atoms with Crippen LogP contribution in [0, 0.1) is 13.8 Å². The Bertz CT molecular complexity index is 642. The van der Waals surface area contributed by atoms with E-state index in [9.17, 15) is 14.4 Å². The Morgan fingerprint density at radius 1 is 1.19 bits per heavy atom. The fourth-order valence-corrected chi connectivity index (χ4v) is 2.58. The Morgan fingerprint density at radius 3 is 2.38 bits per heavy atom. The van der Waals surface area contributed by atoms with E-state index in [-0.39, 0.29) is 18.0 Å². The Labute approximate surface area is 124 Å². The summed E-state index contributed by atoms with van der Waals surface area (Å²) >= 11 is 0. The molecule has 1 heterocycles. The van der Waals surface area contributed by atoms with Crippen LogP contribution in [0.1, 0.15) is 42.3 Å². The zero-order valence-corrected chi connectivity index (χ0v) is 13.0. The van der Waals surface area contributed by atoms with Crippen molar-refractivity contribution >= 4 is 23.3 Å². The summed E-state index contributed by atoms with van der Waals surface area (Å²) in [7, 11) is 0. The van der Waals surface area contributed by atoms with E-state index < -0.39 is 11.7 Å². The summed E-state index contributed by atoms with van der Waals surface area (Å²) in [5, 5.41) is 2.80. The van der Waals surface area contributed by atoms with Crippen LogP contribution in [-0.2, 0) is 9.59 Å². The molecule has 1 aromatic carbocycles. The molecule has 0 saturated carbocycles. The van der Waals surface area contributed by atoms with E-state index in [0.29, 0.717) is 11.3 Å². The molecule has 112 valence electrons. The molecule has 2 amide bonds. The summed E-state index contributed by atoms with van der Waals surface area (Å²) in [5.74, 6) is -1.46. The number of carbonyl (C=O) groups is 3. The van der Waals surface area contributed by atoms with Crippen LogP contribution in [0.3, 0.4) is 0 Å². The highest BCUT2D eigenvalue weighted by atomic mass is 16.2. The SMILES string of the molecule is Cc1cc(C)c2c(c1)C(=O)C(=O)N2CC(=O)NC(C)(C)C. The molecule has 0 aromatic heterocycles. The highest BCUT2D eigenvalue weighted by Crippen LogP contribution is 2.33. The van der Waals surface area contributed by atoms with Crippen LogP contribution in [0.2, 0.25) is 0 Å². The number of nitrogens with one attached hydrogen (secondary N) is 1. The minimum absolute atomic E-state index is 0.140. The Hall–Kier alpha value is -2.17. The predicted octanol–water partition coefficient (Wildman–Crippen LogP) is 1.75. The van der Waals surface area contributed by atoms with Crippen molar-refractivity contribution in [2.75, 3.05) is 11.4 Å². The van der Waals surface area contributed by atoms with Crippen LogP contribution in [0.15, 0.2) is 12.1 Å². The number of Topliss-reactive ketones (excluding diaryl/α,β-unsaturated/α-hetero) is 1. The number of rotatable bonds is 2. The van der Waals surface area contributed by atoms with E-state index >= 15 is 0 Å². The second kappa shape index (κ2) is 4.98. The van der Waals surface area contributed by atoms with Crippen molar-refractivity contribution < 1.29 is 14.4 Å². The van der Waals surface area contributed by atoms with Gasteiger partial charge in [0.15, 0.2) is 0 Å². The van der Waals surface area contributed by atoms with Crippen molar-refractivity contribution in [1.82, 2.24) is 5.32 Å². The van der Waals surface area contributed by atoms with Gasteiger partial charge < -0.3 is 5.32 Å². The Morgan fingerprint density at radius 2 is 1.81 bits per heavy atom. The van der Waals surface area contributed by atoms with E-state index in [1.807, 2.05) is 40.7 Å². The summed E-state index contributed by atoms with van der Waals surface area (Å²) in [6.45, 7) is 9.17. The summed E-state index contributed by atoms with van der Waals surface area (Å²) in [4.78, 5) is 37.5. The largest absolute Gasteiger partial charge is 0.350 e. The smallest absolute Gasteiger partial charge is 0.299 e. The lowest BCUT2D eigenvalue weighted by Crippen LogP contribution is -2.47.